The molecular formula is C12H11FN4O3. The summed E-state index contributed by atoms with van der Waals surface area (Å²) in [6.07, 6.45) is 0.925. The molecule has 8 heteroatoms. The van der Waals surface area contributed by atoms with Crippen molar-refractivity contribution in [2.75, 3.05) is 12.4 Å². The van der Waals surface area contributed by atoms with Gasteiger partial charge in [-0.05, 0) is 18.6 Å². The third-order valence-corrected chi connectivity index (χ3v) is 2.45. The van der Waals surface area contributed by atoms with Crippen LogP contribution < -0.4 is 10.1 Å². The number of benzene rings is 1. The first-order chi connectivity index (χ1) is 9.51. The van der Waals surface area contributed by atoms with Gasteiger partial charge in [-0.3, -0.25) is 10.1 Å². The van der Waals surface area contributed by atoms with Crippen LogP contribution in [0.2, 0.25) is 0 Å². The highest BCUT2D eigenvalue weighted by atomic mass is 19.1. The van der Waals surface area contributed by atoms with Crippen molar-refractivity contribution in [1.29, 1.82) is 0 Å². The van der Waals surface area contributed by atoms with Crippen LogP contribution in [0.4, 0.5) is 16.0 Å². The summed E-state index contributed by atoms with van der Waals surface area (Å²) in [6, 6.07) is 4.36. The van der Waals surface area contributed by atoms with E-state index in [9.17, 15) is 14.5 Å². The van der Waals surface area contributed by atoms with Crippen molar-refractivity contribution in [3.8, 4) is 11.6 Å². The van der Waals surface area contributed by atoms with Gasteiger partial charge in [0.05, 0.1) is 11.1 Å². The number of aromatic nitrogens is 2. The van der Waals surface area contributed by atoms with Crippen LogP contribution in [0.5, 0.6) is 11.6 Å². The molecule has 1 N–H and O–H groups in total. The number of nitrogens with one attached hydrogen (secondary N) is 1. The summed E-state index contributed by atoms with van der Waals surface area (Å²) in [6.45, 7) is 1.71. The van der Waals surface area contributed by atoms with Gasteiger partial charge in [0, 0.05) is 13.1 Å². The molecule has 0 unspecified atom stereocenters. The second kappa shape index (κ2) is 5.47. The van der Waals surface area contributed by atoms with Crippen molar-refractivity contribution >= 4 is 11.6 Å². The van der Waals surface area contributed by atoms with Crippen molar-refractivity contribution in [1.82, 2.24) is 9.97 Å². The number of hydrogen-bond donors (Lipinski definition) is 1. The van der Waals surface area contributed by atoms with E-state index in [0.717, 1.165) is 6.20 Å². The van der Waals surface area contributed by atoms with Gasteiger partial charge in [-0.1, -0.05) is 6.07 Å². The van der Waals surface area contributed by atoms with Gasteiger partial charge in [0.2, 0.25) is 17.5 Å². The summed E-state index contributed by atoms with van der Waals surface area (Å²) >= 11 is 0. The zero-order chi connectivity index (χ0) is 14.7. The summed E-state index contributed by atoms with van der Waals surface area (Å²) in [7, 11) is 1.56. The van der Waals surface area contributed by atoms with E-state index < -0.39 is 10.7 Å². The van der Waals surface area contributed by atoms with E-state index in [0.29, 0.717) is 5.56 Å². The Labute approximate surface area is 113 Å². The topological polar surface area (TPSA) is 90.2 Å². The number of aryl methyl sites for hydroxylation is 1. The maximum Gasteiger partial charge on any atom is 0.311 e. The van der Waals surface area contributed by atoms with E-state index in [1.807, 2.05) is 0 Å². The maximum atomic E-state index is 13.6. The van der Waals surface area contributed by atoms with E-state index in [4.69, 9.17) is 4.74 Å². The third-order valence-electron chi connectivity index (χ3n) is 2.45. The minimum Gasteiger partial charge on any atom is -0.429 e. The largest absolute Gasteiger partial charge is 0.429 e. The first-order valence-electron chi connectivity index (χ1n) is 5.64. The van der Waals surface area contributed by atoms with Gasteiger partial charge in [-0.15, -0.1) is 0 Å². The second-order valence-corrected chi connectivity index (χ2v) is 3.93. The van der Waals surface area contributed by atoms with Gasteiger partial charge in [-0.25, -0.2) is 4.98 Å². The average molecular weight is 278 g/mol. The minimum atomic E-state index is -0.807. The number of anilines is 1. The quantitative estimate of drug-likeness (QED) is 0.683. The molecule has 2 aromatic rings. The molecule has 104 valence electrons. The van der Waals surface area contributed by atoms with Crippen molar-refractivity contribution in [3.05, 3.63) is 45.9 Å². The molecule has 20 heavy (non-hydrogen) atoms. The smallest absolute Gasteiger partial charge is 0.311 e. The number of hydrogen-bond acceptors (Lipinski definition) is 6. The molecule has 0 bridgehead atoms. The van der Waals surface area contributed by atoms with Crippen molar-refractivity contribution in [2.45, 2.75) is 6.92 Å². The van der Waals surface area contributed by atoms with Crippen LogP contribution in [-0.2, 0) is 0 Å². The lowest BCUT2D eigenvalue weighted by Crippen LogP contribution is -2.01. The number of nitro groups is 1. The molecular weight excluding hydrogens is 267 g/mol. The Bertz CT molecular complexity index is 663. The summed E-state index contributed by atoms with van der Waals surface area (Å²) in [5.74, 6) is -1.12. The minimum absolute atomic E-state index is 0.0831. The van der Waals surface area contributed by atoms with Gasteiger partial charge in [0.25, 0.3) is 5.88 Å². The van der Waals surface area contributed by atoms with Crippen molar-refractivity contribution in [2.24, 2.45) is 0 Å². The van der Waals surface area contributed by atoms with Crippen molar-refractivity contribution in [3.63, 3.8) is 0 Å². The molecule has 0 aliphatic heterocycles. The average Bonchev–Trinajstić information content (AvgIpc) is 2.42. The molecule has 1 heterocycles. The number of nitrogens with zero attached hydrogens (tertiary/aromatic N) is 3. The fourth-order valence-corrected chi connectivity index (χ4v) is 1.50. The number of ether oxygens (including phenoxy) is 1. The monoisotopic (exact) mass is 278 g/mol. The summed E-state index contributed by atoms with van der Waals surface area (Å²) < 4.78 is 18.7. The molecule has 0 aliphatic carbocycles. The molecule has 0 saturated carbocycles. The van der Waals surface area contributed by atoms with Crippen LogP contribution in [0.1, 0.15) is 5.56 Å². The Morgan fingerprint density at radius 2 is 2.20 bits per heavy atom. The van der Waals surface area contributed by atoms with Gasteiger partial charge in [0.1, 0.15) is 0 Å². The standard InChI is InChI=1S/C12H11FN4O3/c1-7-3-4-10(9(5-7)17(18)19)20-11-8(13)6-15-12(14-2)16-11/h3-6H,1-2H3,(H,14,15,16). The Hall–Kier alpha value is -2.77. The van der Waals surface area contributed by atoms with E-state index in [2.05, 4.69) is 15.3 Å². The summed E-state index contributed by atoms with van der Waals surface area (Å²) in [4.78, 5) is 17.8. The third kappa shape index (κ3) is 2.79. The fourth-order valence-electron chi connectivity index (χ4n) is 1.50. The lowest BCUT2D eigenvalue weighted by Gasteiger charge is -2.07. The molecule has 0 atom stereocenters. The molecule has 0 spiro atoms. The van der Waals surface area contributed by atoms with Crippen LogP contribution in [-0.4, -0.2) is 21.9 Å². The Kier molecular flexibility index (Phi) is 3.74. The van der Waals surface area contributed by atoms with Crippen LogP contribution in [0.25, 0.3) is 0 Å². The van der Waals surface area contributed by atoms with Gasteiger partial charge in [-0.2, -0.15) is 9.37 Å². The Balaban J connectivity index is 2.42. The Morgan fingerprint density at radius 1 is 1.45 bits per heavy atom. The molecule has 0 aliphatic rings. The molecule has 2 rings (SSSR count). The van der Waals surface area contributed by atoms with Crippen LogP contribution >= 0.6 is 0 Å². The predicted molar refractivity (Wildman–Crippen MR) is 69.4 cm³/mol. The summed E-state index contributed by atoms with van der Waals surface area (Å²) in [5.41, 5.74) is 0.442. The number of halogens is 1. The highest BCUT2D eigenvalue weighted by Crippen LogP contribution is 2.32. The fraction of sp³-hybridized carbons (Fsp3) is 0.167. The Morgan fingerprint density at radius 3 is 2.85 bits per heavy atom. The zero-order valence-corrected chi connectivity index (χ0v) is 10.8. The van der Waals surface area contributed by atoms with Crippen LogP contribution in [0, 0.1) is 22.9 Å². The van der Waals surface area contributed by atoms with E-state index in [1.165, 1.54) is 12.1 Å². The lowest BCUT2D eigenvalue weighted by atomic mass is 10.2. The first kappa shape index (κ1) is 13.7. The van der Waals surface area contributed by atoms with Crippen LogP contribution in [0.15, 0.2) is 24.4 Å². The SMILES string of the molecule is CNc1ncc(F)c(Oc2ccc(C)cc2[N+](=O)[O-])n1. The molecule has 0 fully saturated rings. The van der Waals surface area contributed by atoms with Gasteiger partial charge in [0.15, 0.2) is 0 Å². The zero-order valence-electron chi connectivity index (χ0n) is 10.8. The number of nitro benzene ring substituents is 1. The van der Waals surface area contributed by atoms with Crippen molar-refractivity contribution < 1.29 is 14.1 Å². The van der Waals surface area contributed by atoms with Crippen LogP contribution in [0.3, 0.4) is 0 Å². The highest BCUT2D eigenvalue weighted by molar-refractivity contribution is 5.50. The van der Waals surface area contributed by atoms with E-state index in [-0.39, 0.29) is 23.3 Å². The molecule has 7 nitrogen and oxygen atoms in total. The molecule has 1 aromatic carbocycles. The van der Waals surface area contributed by atoms with E-state index >= 15 is 0 Å². The highest BCUT2D eigenvalue weighted by Gasteiger charge is 2.18. The normalized spacial score (nSPS) is 10.2. The van der Waals surface area contributed by atoms with Gasteiger partial charge >= 0.3 is 5.69 Å². The molecule has 1 aromatic heterocycles. The van der Waals surface area contributed by atoms with Gasteiger partial charge < -0.3 is 10.1 Å². The first-order valence-corrected chi connectivity index (χ1v) is 5.64. The molecule has 0 amide bonds. The molecule has 0 saturated heterocycles. The maximum absolute atomic E-state index is 13.6. The molecule has 0 radical (unpaired) electrons. The second-order valence-electron chi connectivity index (χ2n) is 3.93. The predicted octanol–water partition coefficient (Wildman–Crippen LogP) is 2.67. The lowest BCUT2D eigenvalue weighted by molar-refractivity contribution is -0.385. The number of rotatable bonds is 4. The van der Waals surface area contributed by atoms with E-state index in [1.54, 1.807) is 20.0 Å². The summed E-state index contributed by atoms with van der Waals surface area (Å²) in [5, 5.41) is 13.6.